The molecule has 3 aromatic rings. The molecule has 4 rings (SSSR count). The summed E-state index contributed by atoms with van der Waals surface area (Å²) in [7, 11) is -2.44. The van der Waals surface area contributed by atoms with Crippen LogP contribution in [0, 0.1) is 0 Å². The Balaban J connectivity index is 1.54. The first-order valence-corrected chi connectivity index (χ1v) is 11.8. The van der Waals surface area contributed by atoms with E-state index in [-0.39, 0.29) is 16.4 Å². The Morgan fingerprint density at radius 3 is 2.66 bits per heavy atom. The standard InChI is InChI=1S/C24H25N3O4S/c1-3-27-14-13-17-11-12-19(16-22(17)27)25-24(28)18-7-6-8-20(15-18)32(29,30)26-21-9-4-5-10-23(21)31-2/h4-12,15-16,26H,3,13-14H2,1-2H3,(H,25,28). The number of anilines is 3. The van der Waals surface area contributed by atoms with Gasteiger partial charge in [0.25, 0.3) is 15.9 Å². The molecule has 0 unspecified atom stereocenters. The number of carbonyl (C=O) groups excluding carboxylic acids is 1. The van der Waals surface area contributed by atoms with Crippen LogP contribution < -0.4 is 19.7 Å². The monoisotopic (exact) mass is 451 g/mol. The zero-order valence-electron chi connectivity index (χ0n) is 18.0. The van der Waals surface area contributed by atoms with Crippen LogP contribution >= 0.6 is 0 Å². The van der Waals surface area contributed by atoms with E-state index >= 15 is 0 Å². The largest absolute Gasteiger partial charge is 0.495 e. The van der Waals surface area contributed by atoms with Crippen molar-refractivity contribution < 1.29 is 17.9 Å². The van der Waals surface area contributed by atoms with Gasteiger partial charge in [-0.05, 0) is 61.4 Å². The molecule has 0 fully saturated rings. The number of nitrogens with zero attached hydrogens (tertiary/aromatic N) is 1. The summed E-state index contributed by atoms with van der Waals surface area (Å²) in [6, 6.07) is 18.5. The molecule has 8 heteroatoms. The van der Waals surface area contributed by atoms with Crippen LogP contribution in [0.3, 0.4) is 0 Å². The lowest BCUT2D eigenvalue weighted by Crippen LogP contribution is -2.19. The number of carbonyl (C=O) groups is 1. The summed E-state index contributed by atoms with van der Waals surface area (Å²) in [5, 5.41) is 2.88. The molecule has 0 atom stereocenters. The number of amides is 1. The summed E-state index contributed by atoms with van der Waals surface area (Å²) in [4.78, 5) is 15.1. The molecule has 0 aromatic heterocycles. The maximum Gasteiger partial charge on any atom is 0.262 e. The SMILES string of the molecule is CCN1CCc2ccc(NC(=O)c3cccc(S(=O)(=O)Nc4ccccc4OC)c3)cc21. The van der Waals surface area contributed by atoms with Crippen LogP contribution in [0.25, 0.3) is 0 Å². The zero-order valence-corrected chi connectivity index (χ0v) is 18.8. The summed E-state index contributed by atoms with van der Waals surface area (Å²) in [5.41, 5.74) is 3.64. The molecule has 2 N–H and O–H groups in total. The van der Waals surface area contributed by atoms with Crippen molar-refractivity contribution in [3.63, 3.8) is 0 Å². The second-order valence-corrected chi connectivity index (χ2v) is 9.14. The van der Waals surface area contributed by atoms with Crippen LogP contribution in [0.4, 0.5) is 17.1 Å². The second-order valence-electron chi connectivity index (χ2n) is 7.46. The first kappa shape index (κ1) is 21.7. The number of hydrogen-bond acceptors (Lipinski definition) is 5. The molecule has 0 aliphatic carbocycles. The number of rotatable bonds is 7. The highest BCUT2D eigenvalue weighted by Crippen LogP contribution is 2.31. The number of nitrogens with one attached hydrogen (secondary N) is 2. The Bertz CT molecular complexity index is 1260. The van der Waals surface area contributed by atoms with Gasteiger partial charge in [-0.25, -0.2) is 8.42 Å². The molecule has 0 spiro atoms. The first-order valence-electron chi connectivity index (χ1n) is 10.4. The number of sulfonamides is 1. The Kier molecular flexibility index (Phi) is 6.05. The lowest BCUT2D eigenvalue weighted by molar-refractivity contribution is 0.102. The quantitative estimate of drug-likeness (QED) is 0.564. The predicted molar refractivity (Wildman–Crippen MR) is 126 cm³/mol. The third-order valence-corrected chi connectivity index (χ3v) is 6.84. The molecule has 0 radical (unpaired) electrons. The number of methoxy groups -OCH3 is 1. The summed E-state index contributed by atoms with van der Waals surface area (Å²) in [5.74, 6) is 0.0306. The van der Waals surface area contributed by atoms with Crippen molar-refractivity contribution in [2.45, 2.75) is 18.2 Å². The molecule has 7 nitrogen and oxygen atoms in total. The minimum Gasteiger partial charge on any atom is -0.495 e. The zero-order chi connectivity index (χ0) is 22.7. The Hall–Kier alpha value is -3.52. The van der Waals surface area contributed by atoms with E-state index in [0.29, 0.717) is 17.1 Å². The molecular formula is C24H25N3O4S. The van der Waals surface area contributed by atoms with Gasteiger partial charge in [0, 0.05) is 30.0 Å². The number of para-hydroxylation sites is 2. The summed E-state index contributed by atoms with van der Waals surface area (Å²) in [6.45, 7) is 3.98. The summed E-state index contributed by atoms with van der Waals surface area (Å²) >= 11 is 0. The molecule has 166 valence electrons. The fourth-order valence-electron chi connectivity index (χ4n) is 3.79. The minimum atomic E-state index is -3.91. The Morgan fingerprint density at radius 2 is 1.88 bits per heavy atom. The number of fused-ring (bicyclic) bond motifs is 1. The van der Waals surface area contributed by atoms with Gasteiger partial charge < -0.3 is 15.0 Å². The van der Waals surface area contributed by atoms with Crippen LogP contribution in [0.1, 0.15) is 22.8 Å². The van der Waals surface area contributed by atoms with Gasteiger partial charge in [-0.15, -0.1) is 0 Å². The normalized spacial score (nSPS) is 12.9. The second kappa shape index (κ2) is 8.92. The fraction of sp³-hybridized carbons (Fsp3) is 0.208. The third kappa shape index (κ3) is 4.40. The molecule has 0 saturated carbocycles. The third-order valence-electron chi connectivity index (χ3n) is 5.47. The lowest BCUT2D eigenvalue weighted by atomic mass is 10.1. The van der Waals surface area contributed by atoms with Gasteiger partial charge >= 0.3 is 0 Å². The van der Waals surface area contributed by atoms with E-state index in [1.54, 1.807) is 36.4 Å². The van der Waals surface area contributed by atoms with E-state index in [1.807, 2.05) is 18.2 Å². The minimum absolute atomic E-state index is 0.0119. The molecule has 1 amide bonds. The van der Waals surface area contributed by atoms with Crippen molar-refractivity contribution in [1.29, 1.82) is 0 Å². The molecule has 0 bridgehead atoms. The summed E-state index contributed by atoms with van der Waals surface area (Å²) in [6.07, 6.45) is 0.997. The smallest absolute Gasteiger partial charge is 0.262 e. The Labute approximate surface area is 188 Å². The average Bonchev–Trinajstić information content (AvgIpc) is 3.21. The van der Waals surface area contributed by atoms with Crippen LogP contribution in [0.5, 0.6) is 5.75 Å². The molecule has 1 aliphatic rings. The summed E-state index contributed by atoms with van der Waals surface area (Å²) < 4.78 is 33.5. The van der Waals surface area contributed by atoms with Crippen molar-refractivity contribution in [2.24, 2.45) is 0 Å². The maximum absolute atomic E-state index is 12.9. The predicted octanol–water partition coefficient (Wildman–Crippen LogP) is 4.13. The van der Waals surface area contributed by atoms with Crippen LogP contribution in [-0.4, -0.2) is 34.5 Å². The van der Waals surface area contributed by atoms with E-state index in [4.69, 9.17) is 4.74 Å². The van der Waals surface area contributed by atoms with Crippen molar-refractivity contribution >= 4 is 33.0 Å². The highest BCUT2D eigenvalue weighted by Gasteiger charge is 2.20. The van der Waals surface area contributed by atoms with Crippen molar-refractivity contribution in [2.75, 3.05) is 35.1 Å². The maximum atomic E-state index is 12.9. The van der Waals surface area contributed by atoms with E-state index in [2.05, 4.69) is 21.9 Å². The number of benzene rings is 3. The van der Waals surface area contributed by atoms with E-state index in [0.717, 1.165) is 25.2 Å². The van der Waals surface area contributed by atoms with Crippen molar-refractivity contribution in [3.05, 3.63) is 77.9 Å². The number of hydrogen-bond donors (Lipinski definition) is 2. The van der Waals surface area contributed by atoms with Crippen molar-refractivity contribution in [3.8, 4) is 5.75 Å². The molecule has 0 saturated heterocycles. The van der Waals surface area contributed by atoms with E-state index < -0.39 is 10.0 Å². The number of likely N-dealkylation sites (N-methyl/N-ethyl adjacent to an activating group) is 1. The van der Waals surface area contributed by atoms with Gasteiger partial charge in [-0.3, -0.25) is 9.52 Å². The molecule has 1 aliphatic heterocycles. The average molecular weight is 452 g/mol. The molecule has 3 aromatic carbocycles. The van der Waals surface area contributed by atoms with Crippen LogP contribution in [0.15, 0.2) is 71.6 Å². The molecular weight excluding hydrogens is 426 g/mol. The Morgan fingerprint density at radius 1 is 1.06 bits per heavy atom. The van der Waals surface area contributed by atoms with Crippen molar-refractivity contribution in [1.82, 2.24) is 0 Å². The lowest BCUT2D eigenvalue weighted by Gasteiger charge is -2.17. The van der Waals surface area contributed by atoms with Gasteiger partial charge in [0.15, 0.2) is 0 Å². The van der Waals surface area contributed by atoms with Gasteiger partial charge in [0.05, 0.1) is 17.7 Å². The molecule has 32 heavy (non-hydrogen) atoms. The van der Waals surface area contributed by atoms with Crippen LogP contribution in [-0.2, 0) is 16.4 Å². The highest BCUT2D eigenvalue weighted by molar-refractivity contribution is 7.92. The van der Waals surface area contributed by atoms with Gasteiger partial charge in [-0.2, -0.15) is 0 Å². The first-order chi connectivity index (χ1) is 15.4. The van der Waals surface area contributed by atoms with E-state index in [9.17, 15) is 13.2 Å². The van der Waals surface area contributed by atoms with Gasteiger partial charge in [0.2, 0.25) is 0 Å². The van der Waals surface area contributed by atoms with Gasteiger partial charge in [-0.1, -0.05) is 24.3 Å². The van der Waals surface area contributed by atoms with Crippen LogP contribution in [0.2, 0.25) is 0 Å². The van der Waals surface area contributed by atoms with Gasteiger partial charge in [0.1, 0.15) is 5.75 Å². The van der Waals surface area contributed by atoms with E-state index in [1.165, 1.54) is 24.8 Å². The fourth-order valence-corrected chi connectivity index (χ4v) is 4.91. The molecule has 1 heterocycles. The number of ether oxygens (including phenoxy) is 1. The highest BCUT2D eigenvalue weighted by atomic mass is 32.2. The topological polar surface area (TPSA) is 87.7 Å².